The van der Waals surface area contributed by atoms with Crippen molar-refractivity contribution in [1.29, 1.82) is 0 Å². The molecule has 4 atom stereocenters. The third kappa shape index (κ3) is 28.1. The van der Waals surface area contributed by atoms with E-state index in [-0.39, 0.29) is 108 Å². The largest absolute Gasteiger partial charge is 1.00 e. The minimum absolute atomic E-state index is 0. The summed E-state index contributed by atoms with van der Waals surface area (Å²) in [7, 11) is 0.543. The van der Waals surface area contributed by atoms with Gasteiger partial charge < -0.3 is 36.3 Å². The summed E-state index contributed by atoms with van der Waals surface area (Å²) in [5, 5.41) is 5.81. The van der Waals surface area contributed by atoms with Gasteiger partial charge in [-0.25, -0.2) is 11.1 Å². The number of rotatable bonds is 6. The number of hydrogen-bond acceptors (Lipinski definition) is 0. The van der Waals surface area contributed by atoms with Crippen molar-refractivity contribution in [3.8, 4) is 0 Å². The number of benzene rings is 4. The summed E-state index contributed by atoms with van der Waals surface area (Å²) < 4.78 is 0. The Bertz CT molecular complexity index is 1510. The second-order valence-electron chi connectivity index (χ2n) is 14.1. The molecule has 4 aromatic rings. The first kappa shape index (κ1) is 63.2. The number of nitrogens with one attached hydrogen (secondary N) is 2. The van der Waals surface area contributed by atoms with Crippen LogP contribution < -0.4 is 45.6 Å². The summed E-state index contributed by atoms with van der Waals surface area (Å²) in [5.41, 5.74) is 22.1. The van der Waals surface area contributed by atoms with Gasteiger partial charge in [0, 0.05) is 51.7 Å². The van der Waals surface area contributed by atoms with Crippen molar-refractivity contribution in [3.63, 3.8) is 0 Å². The summed E-state index contributed by atoms with van der Waals surface area (Å²) in [4.78, 5) is 0. The van der Waals surface area contributed by atoms with E-state index in [2.05, 4.69) is 189 Å². The Morgan fingerprint density at radius 1 is 0.466 bits per heavy atom. The number of allylic oxidation sites excluding steroid dienone is 8. The van der Waals surface area contributed by atoms with Crippen LogP contribution in [0.2, 0.25) is 0 Å². The smallest absolute Gasteiger partial charge is 0.103 e. The summed E-state index contributed by atoms with van der Waals surface area (Å²) in [6, 6.07) is 42.9. The van der Waals surface area contributed by atoms with Crippen LogP contribution in [0.4, 0.5) is 0 Å². The minimum atomic E-state index is 0. The Labute approximate surface area is 410 Å². The maximum Gasteiger partial charge on any atom is 0.103 e. The molecule has 314 valence electrons. The maximum absolute atomic E-state index is 6.83. The zero-order valence-electron chi connectivity index (χ0n) is 37.2. The van der Waals surface area contributed by atoms with Gasteiger partial charge in [0.25, 0.3) is 0 Å². The van der Waals surface area contributed by atoms with E-state index in [0.29, 0.717) is 11.8 Å². The quantitative estimate of drug-likeness (QED) is 0.187. The van der Waals surface area contributed by atoms with Gasteiger partial charge in [-0.15, -0.1) is 25.9 Å². The minimum Gasteiger partial charge on any atom is -1.00 e. The molecule has 4 unspecified atom stereocenters. The predicted molar refractivity (Wildman–Crippen MR) is 247 cm³/mol. The second kappa shape index (κ2) is 37.3. The maximum atomic E-state index is 6.83. The van der Waals surface area contributed by atoms with Crippen LogP contribution in [-0.4, -0.2) is 31.1 Å². The summed E-state index contributed by atoms with van der Waals surface area (Å²) in [5.74, 6) is 1.12. The Balaban J connectivity index is -0.000000308. The van der Waals surface area contributed by atoms with E-state index >= 15 is 0 Å². The van der Waals surface area contributed by atoms with Gasteiger partial charge in [-0.2, -0.15) is 22.3 Å². The van der Waals surface area contributed by atoms with E-state index in [1.807, 2.05) is 27.7 Å². The van der Waals surface area contributed by atoms with Gasteiger partial charge in [0.05, 0.1) is 0 Å². The van der Waals surface area contributed by atoms with Gasteiger partial charge in [-0.1, -0.05) is 236 Å². The zero-order valence-corrected chi connectivity index (χ0v) is 48.2. The predicted octanol–water partition coefficient (Wildman–Crippen LogP) is 5.27. The van der Waals surface area contributed by atoms with Gasteiger partial charge in [-0.3, -0.25) is 12.2 Å². The Kier molecular flexibility index (Phi) is 40.6. The van der Waals surface area contributed by atoms with Crippen molar-refractivity contribution in [2.75, 3.05) is 0 Å². The fourth-order valence-corrected chi connectivity index (χ4v) is 7.33. The van der Waals surface area contributed by atoms with Crippen LogP contribution in [0.25, 0.3) is 11.5 Å². The third-order valence-corrected chi connectivity index (χ3v) is 12.4. The van der Waals surface area contributed by atoms with E-state index in [1.54, 1.807) is 0 Å². The van der Waals surface area contributed by atoms with Crippen LogP contribution in [0.3, 0.4) is 0 Å². The van der Waals surface area contributed by atoms with Crippen molar-refractivity contribution in [2.24, 2.45) is 11.8 Å². The monoisotopic (exact) mass is 1180 g/mol. The molecule has 0 aliphatic heterocycles. The molecule has 0 bridgehead atoms. The van der Waals surface area contributed by atoms with Crippen LogP contribution >= 0.6 is 0 Å². The molecule has 8 heteroatoms. The molecule has 0 saturated heterocycles. The van der Waals surface area contributed by atoms with Crippen molar-refractivity contribution in [1.82, 2.24) is 0 Å². The fourth-order valence-electron chi connectivity index (χ4n) is 4.91. The van der Waals surface area contributed by atoms with Crippen LogP contribution in [0.1, 0.15) is 95.9 Å². The normalized spacial score (nSPS) is 15.4. The first-order valence-electron chi connectivity index (χ1n) is 19.6. The van der Waals surface area contributed by atoms with E-state index in [1.165, 1.54) is 54.2 Å². The summed E-state index contributed by atoms with van der Waals surface area (Å²) in [6.45, 7) is 25.1. The molecule has 58 heavy (non-hydrogen) atoms. The molecule has 4 aromatic carbocycles. The molecule has 6 rings (SSSR count). The van der Waals surface area contributed by atoms with E-state index in [0.717, 1.165) is 12.8 Å². The standard InChI is InChI=1S/2C12H11Si.2C9H13.2C4H10N.2ClH.2Hf/c2*1-3-7-11(8-4-1)13-12-9-5-2-6-10-12;2*1-6-5-7(2)9(4)8(6)3;2*1-3-4(2)5;;;;/h2*1-10,13H;2*6H,1-4H3;2*4-5H,3H2,1-2H3;2*1H;;/q;;4*-1;;;;/p-2. The summed E-state index contributed by atoms with van der Waals surface area (Å²) >= 11 is 0. The molecule has 2 aliphatic carbocycles. The number of halogens is 2. The first-order valence-corrected chi connectivity index (χ1v) is 21.9. The average Bonchev–Trinajstić information content (AvgIpc) is 3.54. The molecule has 0 spiro atoms. The van der Waals surface area contributed by atoms with Crippen LogP contribution in [0.15, 0.2) is 155 Å². The average molecular weight is 1180 g/mol. The fraction of sp³-hybridized carbons (Fsp3) is 0.360. The Hall–Kier alpha value is -1.49. The Morgan fingerprint density at radius 3 is 0.759 bits per heavy atom. The van der Waals surface area contributed by atoms with Crippen molar-refractivity contribution in [3.05, 3.63) is 178 Å². The van der Waals surface area contributed by atoms with E-state index in [9.17, 15) is 0 Å². The molecule has 0 amide bonds. The molecule has 2 radical (unpaired) electrons. The SMILES string of the molecule is CC1=[C-]C(C)C(C)=C1C.CC1=[C-]C(C)C(C)=C1C.CCC(C)[NH-].CCC(C)[NH-].[Cl-].[Cl-].[Hf].[Hf].c1ccc([SiH]c2ccccc2)cc1.c1ccc([SiH]c2ccccc2)cc1. The number of hydrogen-bond donors (Lipinski definition) is 0. The van der Waals surface area contributed by atoms with E-state index < -0.39 is 0 Å². The van der Waals surface area contributed by atoms with Gasteiger partial charge in [-0.05, 0) is 0 Å². The molecular weight excluding hydrogens is 1110 g/mol. The van der Waals surface area contributed by atoms with Crippen LogP contribution in [-0.2, 0) is 51.7 Å². The second-order valence-corrected chi connectivity index (χ2v) is 17.4. The topological polar surface area (TPSA) is 47.6 Å². The zero-order chi connectivity index (χ0) is 40.5. The molecule has 0 heterocycles. The molecule has 0 aromatic heterocycles. The van der Waals surface area contributed by atoms with Crippen molar-refractivity contribution in [2.45, 2.75) is 108 Å². The molecule has 2 aliphatic rings. The summed E-state index contributed by atoms with van der Waals surface area (Å²) in [6.07, 6.45) is 8.66. The van der Waals surface area contributed by atoms with Crippen LogP contribution in [0.5, 0.6) is 0 Å². The molecule has 2 nitrogen and oxygen atoms in total. The van der Waals surface area contributed by atoms with Gasteiger partial charge in [0.2, 0.25) is 0 Å². The molecular formula is C50H68Cl2Hf2N2Si2-6. The van der Waals surface area contributed by atoms with Crippen LogP contribution in [0, 0.1) is 24.0 Å². The first-order chi connectivity index (χ1) is 25.7. The third-order valence-electron chi connectivity index (χ3n) is 9.56. The van der Waals surface area contributed by atoms with Gasteiger partial charge in [0.15, 0.2) is 0 Å². The molecule has 0 fully saturated rings. The molecule has 0 saturated carbocycles. The van der Waals surface area contributed by atoms with Crippen molar-refractivity contribution >= 4 is 39.8 Å². The van der Waals surface area contributed by atoms with Crippen molar-refractivity contribution < 1.29 is 76.5 Å². The van der Waals surface area contributed by atoms with E-state index in [4.69, 9.17) is 11.5 Å². The van der Waals surface area contributed by atoms with Gasteiger partial charge >= 0.3 is 0 Å². The Morgan fingerprint density at radius 2 is 0.655 bits per heavy atom. The molecule has 2 N–H and O–H groups in total. The van der Waals surface area contributed by atoms with Gasteiger partial charge in [0.1, 0.15) is 19.0 Å².